The normalized spacial score (nSPS) is 25.8. The van der Waals surface area contributed by atoms with Gasteiger partial charge in [0.2, 0.25) is 18.6 Å². The van der Waals surface area contributed by atoms with Gasteiger partial charge in [0, 0.05) is 12.8 Å². The third-order valence-corrected chi connectivity index (χ3v) is 6.22. The van der Waals surface area contributed by atoms with Gasteiger partial charge in [-0.05, 0) is 38.5 Å². The lowest BCUT2D eigenvalue weighted by Crippen LogP contribution is -2.73. The van der Waals surface area contributed by atoms with Gasteiger partial charge in [-0.2, -0.15) is 0 Å². The van der Waals surface area contributed by atoms with Crippen LogP contribution >= 0.6 is 0 Å². The predicted octanol–water partition coefficient (Wildman–Crippen LogP) is 0.128. The monoisotopic (exact) mass is 505 g/mol. The highest BCUT2D eigenvalue weighted by Gasteiger charge is 2.66. The van der Waals surface area contributed by atoms with E-state index < -0.39 is 78.1 Å². The maximum absolute atomic E-state index is 13.0. The minimum atomic E-state index is -1.13. The second-order valence-electron chi connectivity index (χ2n) is 9.93. The van der Waals surface area contributed by atoms with E-state index in [0.717, 1.165) is 0 Å². The molecule has 0 spiro atoms. The molecule has 0 aliphatic carbocycles. The molecular weight excluding hydrogens is 474 g/mol. The third-order valence-electron chi connectivity index (χ3n) is 6.22. The van der Waals surface area contributed by atoms with Crippen molar-refractivity contribution in [2.75, 3.05) is 6.79 Å². The zero-order valence-electron chi connectivity index (χ0n) is 20.7. The van der Waals surface area contributed by atoms with Crippen LogP contribution in [0.2, 0.25) is 0 Å². The largest absolute Gasteiger partial charge is 0.508 e. The zero-order chi connectivity index (χ0) is 26.9. The molecule has 2 aliphatic rings. The number of phenolic OH excluding ortho intramolecular Hbond substituents is 1. The van der Waals surface area contributed by atoms with Crippen molar-refractivity contribution in [1.82, 2.24) is 10.2 Å². The Hall–Kier alpha value is -3.67. The van der Waals surface area contributed by atoms with Gasteiger partial charge in [-0.15, -0.1) is 0 Å². The van der Waals surface area contributed by atoms with E-state index in [0.29, 0.717) is 5.56 Å². The molecule has 0 aromatic heterocycles. The summed E-state index contributed by atoms with van der Waals surface area (Å²) in [6.07, 6.45) is -0.898. The Bertz CT molecular complexity index is 1050. The van der Waals surface area contributed by atoms with Crippen molar-refractivity contribution in [2.24, 2.45) is 17.1 Å². The Morgan fingerprint density at radius 2 is 1.75 bits per heavy atom. The number of nitrogens with two attached hydrogens (primary N) is 1. The van der Waals surface area contributed by atoms with E-state index >= 15 is 0 Å². The Morgan fingerprint density at radius 3 is 2.31 bits per heavy atom. The summed E-state index contributed by atoms with van der Waals surface area (Å²) in [5.74, 6) is -3.91. The first-order valence-electron chi connectivity index (χ1n) is 11.4. The van der Waals surface area contributed by atoms with Crippen molar-refractivity contribution in [3.05, 3.63) is 29.8 Å². The number of nitrogens with zero attached hydrogens (tertiary/aromatic N) is 1. The molecule has 2 fully saturated rings. The maximum Gasteiger partial charge on any atom is 0.332 e. The molecule has 12 nitrogen and oxygen atoms in total. The second-order valence-corrected chi connectivity index (χ2v) is 9.93. The molecule has 0 saturated carbocycles. The number of amides is 2. The number of carbonyl (C=O) groups is 5. The maximum atomic E-state index is 13.0. The summed E-state index contributed by atoms with van der Waals surface area (Å²) in [6, 6.07) is 1.58. The van der Waals surface area contributed by atoms with Crippen molar-refractivity contribution >= 4 is 29.7 Å². The van der Waals surface area contributed by atoms with Crippen LogP contribution in [0.3, 0.4) is 0 Å². The Kier molecular flexibility index (Phi) is 7.58. The van der Waals surface area contributed by atoms with E-state index in [1.807, 2.05) is 0 Å². The minimum Gasteiger partial charge on any atom is -0.508 e. The summed E-state index contributed by atoms with van der Waals surface area (Å²) in [7, 11) is 0. The highest BCUT2D eigenvalue weighted by atomic mass is 16.7. The van der Waals surface area contributed by atoms with Crippen molar-refractivity contribution < 1.29 is 43.3 Å². The topological polar surface area (TPSA) is 175 Å². The second kappa shape index (κ2) is 10.1. The molecule has 6 atom stereocenters. The molecular formula is C24H31N3O9. The van der Waals surface area contributed by atoms with Crippen molar-refractivity contribution in [3.8, 4) is 5.75 Å². The van der Waals surface area contributed by atoms with Crippen LogP contribution in [0.15, 0.2) is 24.3 Å². The first-order valence-corrected chi connectivity index (χ1v) is 11.4. The minimum absolute atomic E-state index is 0.00596. The number of phenols is 1. The van der Waals surface area contributed by atoms with Gasteiger partial charge >= 0.3 is 17.9 Å². The molecule has 0 bridgehead atoms. The van der Waals surface area contributed by atoms with E-state index in [1.165, 1.54) is 36.1 Å². The first-order chi connectivity index (χ1) is 16.7. The lowest BCUT2D eigenvalue weighted by atomic mass is 9.91. The summed E-state index contributed by atoms with van der Waals surface area (Å²) >= 11 is 0. The van der Waals surface area contributed by atoms with Crippen LogP contribution in [0.25, 0.3) is 0 Å². The quantitative estimate of drug-likeness (QED) is 0.262. The first kappa shape index (κ1) is 26.9. The van der Waals surface area contributed by atoms with Crippen molar-refractivity contribution in [1.29, 1.82) is 0 Å². The number of hydrogen-bond donors (Lipinski definition) is 3. The molecule has 3 rings (SSSR count). The molecule has 2 amide bonds. The molecule has 2 saturated heterocycles. The molecule has 12 heteroatoms. The number of esters is 3. The van der Waals surface area contributed by atoms with Gasteiger partial charge in [0.05, 0.1) is 11.5 Å². The van der Waals surface area contributed by atoms with Gasteiger partial charge in [0.15, 0.2) is 0 Å². The van der Waals surface area contributed by atoms with Gasteiger partial charge < -0.3 is 35.3 Å². The van der Waals surface area contributed by atoms with Crippen molar-refractivity contribution in [2.45, 2.75) is 64.9 Å². The van der Waals surface area contributed by atoms with E-state index in [9.17, 15) is 29.1 Å². The van der Waals surface area contributed by atoms with E-state index in [1.54, 1.807) is 27.7 Å². The van der Waals surface area contributed by atoms with E-state index in [2.05, 4.69) is 5.32 Å². The predicted molar refractivity (Wildman–Crippen MR) is 123 cm³/mol. The third kappa shape index (κ3) is 5.27. The molecule has 1 aromatic carbocycles. The standard InChI is InChI=1S/C24H31N3O9/c1-11-17(22(32)34-10-35-23(33)24(3,4)5)27-18(19(11)36-12(2)28)16(21(27)31)26-20(30)15(25)13-6-8-14(29)9-7-13/h6-9,11,15-19,29H,10,25H2,1-5H3,(H,26,30)/t11?,15?,16?,17?,18-,19?/m0/s1. The molecule has 0 radical (unpaired) electrons. The van der Waals surface area contributed by atoms with Crippen LogP contribution in [0, 0.1) is 11.3 Å². The average molecular weight is 506 g/mol. The number of rotatable bonds is 7. The number of ether oxygens (including phenoxy) is 3. The smallest absolute Gasteiger partial charge is 0.332 e. The van der Waals surface area contributed by atoms with Crippen LogP contribution < -0.4 is 11.1 Å². The lowest BCUT2D eigenvalue weighted by Gasteiger charge is -2.45. The number of hydrogen-bond acceptors (Lipinski definition) is 10. The van der Waals surface area contributed by atoms with E-state index in [4.69, 9.17) is 19.9 Å². The summed E-state index contributed by atoms with van der Waals surface area (Å²) < 4.78 is 15.5. The Morgan fingerprint density at radius 1 is 1.14 bits per heavy atom. The fraction of sp³-hybridized carbons (Fsp3) is 0.542. The fourth-order valence-electron chi connectivity index (χ4n) is 4.31. The molecule has 2 aliphatic heterocycles. The Balaban J connectivity index is 1.72. The van der Waals surface area contributed by atoms with Crippen LogP contribution in [0.1, 0.15) is 46.2 Å². The summed E-state index contributed by atoms with van der Waals surface area (Å²) in [6.45, 7) is 7.11. The highest BCUT2D eigenvalue weighted by molar-refractivity contribution is 5.99. The van der Waals surface area contributed by atoms with Gasteiger partial charge in [0.1, 0.15) is 30.0 Å². The van der Waals surface area contributed by atoms with Gasteiger partial charge in [-0.3, -0.25) is 19.2 Å². The number of aromatic hydroxyl groups is 1. The summed E-state index contributed by atoms with van der Waals surface area (Å²) in [5, 5.41) is 12.0. The number of fused-ring (bicyclic) bond motifs is 1. The van der Waals surface area contributed by atoms with Crippen LogP contribution in [0.5, 0.6) is 5.75 Å². The molecule has 36 heavy (non-hydrogen) atoms. The highest BCUT2D eigenvalue weighted by Crippen LogP contribution is 2.42. The number of β-lactam (4-membered cyclic amide) rings is 1. The lowest BCUT2D eigenvalue weighted by molar-refractivity contribution is -0.180. The summed E-state index contributed by atoms with van der Waals surface area (Å²) in [4.78, 5) is 63.4. The molecule has 1 aromatic rings. The Labute approximate surface area is 208 Å². The SMILES string of the molecule is CC(=O)OC1C(C)C(C(=O)OCOC(=O)C(C)(C)C)N2C(=O)C(NC(=O)C(N)c3ccc(O)cc3)[C@@H]12. The van der Waals surface area contributed by atoms with E-state index in [-0.39, 0.29) is 5.75 Å². The fourth-order valence-corrected chi connectivity index (χ4v) is 4.31. The number of benzene rings is 1. The molecule has 4 N–H and O–H groups in total. The van der Waals surface area contributed by atoms with Gasteiger partial charge in [-0.1, -0.05) is 19.1 Å². The van der Waals surface area contributed by atoms with Gasteiger partial charge in [-0.25, -0.2) is 4.79 Å². The molecule has 196 valence electrons. The average Bonchev–Trinajstić information content (AvgIpc) is 3.04. The molecule has 2 heterocycles. The van der Waals surface area contributed by atoms with Crippen LogP contribution in [-0.2, 0) is 38.2 Å². The van der Waals surface area contributed by atoms with Crippen LogP contribution in [-0.4, -0.2) is 70.8 Å². The van der Waals surface area contributed by atoms with Gasteiger partial charge in [0.25, 0.3) is 0 Å². The van der Waals surface area contributed by atoms with Crippen molar-refractivity contribution in [3.63, 3.8) is 0 Å². The number of carbonyl (C=O) groups excluding carboxylic acids is 5. The summed E-state index contributed by atoms with van der Waals surface area (Å²) in [5.41, 5.74) is 5.63. The number of nitrogens with one attached hydrogen (secondary N) is 1. The molecule has 5 unspecified atom stereocenters. The van der Waals surface area contributed by atoms with Crippen LogP contribution in [0.4, 0.5) is 0 Å². The zero-order valence-corrected chi connectivity index (χ0v) is 20.7.